The third-order valence-corrected chi connectivity index (χ3v) is 7.13. The Morgan fingerprint density at radius 3 is 2.26 bits per heavy atom. The maximum absolute atomic E-state index is 12.9. The second kappa shape index (κ2) is 10.3. The lowest BCUT2D eigenvalue weighted by molar-refractivity contribution is -0.147. The molecule has 0 saturated carbocycles. The summed E-state index contributed by atoms with van der Waals surface area (Å²) in [6.45, 7) is 4.46. The highest BCUT2D eigenvalue weighted by Gasteiger charge is 2.33. The Bertz CT molecular complexity index is 1020. The highest BCUT2D eigenvalue weighted by molar-refractivity contribution is 5.80. The topological polar surface area (TPSA) is 95.9 Å². The van der Waals surface area contributed by atoms with Crippen LogP contribution >= 0.6 is 0 Å². The van der Waals surface area contributed by atoms with Crippen molar-refractivity contribution < 1.29 is 24.2 Å². The van der Waals surface area contributed by atoms with Crippen molar-refractivity contribution in [3.05, 3.63) is 59.7 Å². The highest BCUT2D eigenvalue weighted by Crippen LogP contribution is 2.44. The number of alkyl carbamates (subject to hydrolysis) is 1. The zero-order valence-electron chi connectivity index (χ0n) is 19.7. The first-order valence-corrected chi connectivity index (χ1v) is 12.0. The first kappa shape index (κ1) is 23.8. The number of benzene rings is 2. The quantitative estimate of drug-likeness (QED) is 0.633. The first-order chi connectivity index (χ1) is 16.4. The smallest absolute Gasteiger partial charge is 0.407 e. The summed E-state index contributed by atoms with van der Waals surface area (Å²) in [6, 6.07) is 15.9. The van der Waals surface area contributed by atoms with Gasteiger partial charge in [0.2, 0.25) is 5.91 Å². The van der Waals surface area contributed by atoms with Gasteiger partial charge in [-0.1, -0.05) is 55.5 Å². The highest BCUT2D eigenvalue weighted by atomic mass is 16.5. The molecule has 4 rings (SSSR count). The fourth-order valence-corrected chi connectivity index (χ4v) is 5.20. The Kier molecular flexibility index (Phi) is 7.20. The van der Waals surface area contributed by atoms with Crippen molar-refractivity contribution in [2.75, 3.05) is 13.2 Å². The summed E-state index contributed by atoms with van der Waals surface area (Å²) in [6.07, 6.45) is 1.15. The Labute approximate surface area is 200 Å². The number of ether oxygens (including phenoxy) is 1. The molecule has 7 heteroatoms. The molecule has 7 nitrogen and oxygen atoms in total. The van der Waals surface area contributed by atoms with Gasteiger partial charge in [0, 0.05) is 31.0 Å². The second-order valence-electron chi connectivity index (χ2n) is 9.27. The summed E-state index contributed by atoms with van der Waals surface area (Å²) >= 11 is 0. The number of carbonyl (C=O) groups excluding carboxylic acids is 2. The molecular weight excluding hydrogens is 432 g/mol. The number of rotatable bonds is 7. The summed E-state index contributed by atoms with van der Waals surface area (Å²) in [5.41, 5.74) is 4.64. The Hall–Kier alpha value is -3.35. The van der Waals surface area contributed by atoms with E-state index in [0.29, 0.717) is 25.8 Å². The van der Waals surface area contributed by atoms with Crippen molar-refractivity contribution in [2.45, 2.75) is 57.5 Å². The molecule has 34 heavy (non-hydrogen) atoms. The van der Waals surface area contributed by atoms with Crippen LogP contribution in [-0.2, 0) is 14.3 Å². The van der Waals surface area contributed by atoms with Crippen LogP contribution in [0.3, 0.4) is 0 Å². The summed E-state index contributed by atoms with van der Waals surface area (Å²) in [4.78, 5) is 38.5. The van der Waals surface area contributed by atoms with Crippen LogP contribution in [0.25, 0.3) is 11.1 Å². The molecule has 2 aromatic carbocycles. The fourth-order valence-electron chi connectivity index (χ4n) is 5.20. The second-order valence-corrected chi connectivity index (χ2v) is 9.27. The van der Waals surface area contributed by atoms with Gasteiger partial charge in [-0.3, -0.25) is 9.59 Å². The minimum Gasteiger partial charge on any atom is -0.481 e. The van der Waals surface area contributed by atoms with Crippen molar-refractivity contribution in [2.24, 2.45) is 5.92 Å². The van der Waals surface area contributed by atoms with Crippen LogP contribution in [0, 0.1) is 5.92 Å². The molecule has 2 aliphatic rings. The first-order valence-electron chi connectivity index (χ1n) is 12.0. The van der Waals surface area contributed by atoms with E-state index in [4.69, 9.17) is 4.74 Å². The van der Waals surface area contributed by atoms with Gasteiger partial charge >= 0.3 is 12.1 Å². The molecule has 1 heterocycles. The molecule has 2 N–H and O–H groups in total. The minimum atomic E-state index is -0.803. The van der Waals surface area contributed by atoms with E-state index in [1.165, 1.54) is 11.1 Å². The van der Waals surface area contributed by atoms with Crippen molar-refractivity contribution >= 4 is 18.0 Å². The standard InChI is InChI=1S/C27H32N2O5/c1-3-19(15-25(30)29-13-12-18(26(31)32)14-17(29)2)28-27(33)34-16-24-22-10-6-4-8-20(22)21-9-5-7-11-23(21)24/h4-11,17-19,24H,3,12-16H2,1-2H3,(H,28,33)(H,31,32)/t17-,18-,19?/m1/s1. The average Bonchev–Trinajstić information content (AvgIpc) is 3.15. The summed E-state index contributed by atoms with van der Waals surface area (Å²) in [5.74, 6) is -1.29. The number of carboxylic acid groups (broad SMARTS) is 1. The van der Waals surface area contributed by atoms with Crippen LogP contribution in [0.5, 0.6) is 0 Å². The van der Waals surface area contributed by atoms with E-state index < -0.39 is 18.0 Å². The SMILES string of the molecule is CCC(CC(=O)N1CC[C@@H](C(=O)O)C[C@H]1C)NC(=O)OCC1c2ccccc2-c2ccccc21. The molecule has 0 aromatic heterocycles. The number of piperidine rings is 1. The van der Waals surface area contributed by atoms with Crippen molar-refractivity contribution in [1.82, 2.24) is 10.2 Å². The van der Waals surface area contributed by atoms with E-state index in [2.05, 4.69) is 29.6 Å². The number of hydrogen-bond donors (Lipinski definition) is 2. The third kappa shape index (κ3) is 4.93. The molecule has 1 aliphatic heterocycles. The van der Waals surface area contributed by atoms with Crippen LogP contribution in [0.1, 0.15) is 56.6 Å². The molecule has 180 valence electrons. The molecule has 1 aliphatic carbocycles. The maximum Gasteiger partial charge on any atom is 0.407 e. The molecule has 2 aromatic rings. The van der Waals surface area contributed by atoms with Crippen molar-refractivity contribution in [3.63, 3.8) is 0 Å². The van der Waals surface area contributed by atoms with Crippen LogP contribution in [0.15, 0.2) is 48.5 Å². The molecule has 1 unspecified atom stereocenters. The van der Waals surface area contributed by atoms with Gasteiger partial charge in [-0.05, 0) is 48.4 Å². The van der Waals surface area contributed by atoms with Crippen LogP contribution < -0.4 is 5.32 Å². The number of hydrogen-bond acceptors (Lipinski definition) is 4. The predicted molar refractivity (Wildman–Crippen MR) is 128 cm³/mol. The van der Waals surface area contributed by atoms with Crippen LogP contribution in [0.4, 0.5) is 4.79 Å². The summed E-state index contributed by atoms with van der Waals surface area (Å²) < 4.78 is 5.62. The lowest BCUT2D eigenvalue weighted by atomic mass is 9.91. The third-order valence-electron chi connectivity index (χ3n) is 7.13. The van der Waals surface area contributed by atoms with Gasteiger partial charge in [-0.15, -0.1) is 0 Å². The van der Waals surface area contributed by atoms with Crippen molar-refractivity contribution in [3.8, 4) is 11.1 Å². The molecule has 0 bridgehead atoms. The van der Waals surface area contributed by atoms with Gasteiger partial charge in [0.25, 0.3) is 0 Å². The molecule has 3 atom stereocenters. The average molecular weight is 465 g/mol. The molecule has 1 fully saturated rings. The lowest BCUT2D eigenvalue weighted by Gasteiger charge is -2.37. The number of aliphatic carboxylic acids is 1. The van der Waals surface area contributed by atoms with Gasteiger partial charge in [-0.25, -0.2) is 4.79 Å². The van der Waals surface area contributed by atoms with E-state index in [0.717, 1.165) is 11.1 Å². The van der Waals surface area contributed by atoms with E-state index >= 15 is 0 Å². The van der Waals surface area contributed by atoms with Crippen LogP contribution in [-0.4, -0.2) is 53.2 Å². The Morgan fingerprint density at radius 1 is 1.09 bits per heavy atom. The number of nitrogens with zero attached hydrogens (tertiary/aromatic N) is 1. The number of likely N-dealkylation sites (tertiary alicyclic amines) is 1. The molecule has 0 spiro atoms. The molecular formula is C27H32N2O5. The van der Waals surface area contributed by atoms with Gasteiger partial charge in [0.1, 0.15) is 6.61 Å². The zero-order chi connectivity index (χ0) is 24.2. The Morgan fingerprint density at radius 2 is 1.71 bits per heavy atom. The zero-order valence-corrected chi connectivity index (χ0v) is 19.7. The monoisotopic (exact) mass is 464 g/mol. The van der Waals surface area contributed by atoms with Crippen molar-refractivity contribution in [1.29, 1.82) is 0 Å². The van der Waals surface area contributed by atoms with Gasteiger partial charge in [-0.2, -0.15) is 0 Å². The number of fused-ring (bicyclic) bond motifs is 3. The lowest BCUT2D eigenvalue weighted by Crippen LogP contribution is -2.48. The number of amides is 2. The summed E-state index contributed by atoms with van der Waals surface area (Å²) in [5, 5.41) is 12.1. The molecule has 0 radical (unpaired) electrons. The Balaban J connectivity index is 1.32. The largest absolute Gasteiger partial charge is 0.481 e. The van der Waals surface area contributed by atoms with E-state index in [-0.39, 0.29) is 36.9 Å². The minimum absolute atomic E-state index is 0.0174. The molecule has 2 amide bonds. The van der Waals surface area contributed by atoms with Gasteiger partial charge in [0.15, 0.2) is 0 Å². The molecule has 1 saturated heterocycles. The summed E-state index contributed by atoms with van der Waals surface area (Å²) in [7, 11) is 0. The predicted octanol–water partition coefficient (Wildman–Crippen LogP) is 4.41. The van der Waals surface area contributed by atoms with E-state index in [9.17, 15) is 19.5 Å². The number of carboxylic acids is 1. The fraction of sp³-hybridized carbons (Fsp3) is 0.444. The van der Waals surface area contributed by atoms with E-state index in [1.807, 2.05) is 38.1 Å². The van der Waals surface area contributed by atoms with Crippen LogP contribution in [0.2, 0.25) is 0 Å². The number of nitrogens with one attached hydrogen (secondary N) is 1. The maximum atomic E-state index is 12.9. The normalized spacial score (nSPS) is 20.2. The number of carbonyl (C=O) groups is 3. The van der Waals surface area contributed by atoms with Gasteiger partial charge < -0.3 is 20.1 Å². The van der Waals surface area contributed by atoms with Gasteiger partial charge in [0.05, 0.1) is 5.92 Å². The van der Waals surface area contributed by atoms with E-state index in [1.54, 1.807) is 4.90 Å².